The highest BCUT2D eigenvalue weighted by Gasteiger charge is 2.52. The van der Waals surface area contributed by atoms with Crippen molar-refractivity contribution < 1.29 is 27.8 Å². The number of hydrogen-bond donors (Lipinski definition) is 1. The number of carboxylic acid groups (broad SMARTS) is 1. The lowest BCUT2D eigenvalue weighted by molar-refractivity contribution is -0.160. The molecule has 1 heterocycles. The average Bonchev–Trinajstić information content (AvgIpc) is 2.46. The summed E-state index contributed by atoms with van der Waals surface area (Å²) < 4.78 is 44.1. The van der Waals surface area contributed by atoms with Gasteiger partial charge in [-0.05, 0) is 37.1 Å². The summed E-state index contributed by atoms with van der Waals surface area (Å²) in [6.45, 7) is 5.96. The van der Waals surface area contributed by atoms with E-state index in [9.17, 15) is 23.1 Å². The summed E-state index contributed by atoms with van der Waals surface area (Å²) in [5.74, 6) is 0.228. The van der Waals surface area contributed by atoms with E-state index in [2.05, 4.69) is 0 Å². The Kier molecular flexibility index (Phi) is 4.74. The number of ether oxygens (including phenoxy) is 1. The second kappa shape index (κ2) is 6.18. The van der Waals surface area contributed by atoms with E-state index in [1.165, 1.54) is 17.0 Å². The highest BCUT2D eigenvalue weighted by molar-refractivity contribution is 5.66. The molecule has 0 spiro atoms. The molecule has 1 fully saturated rings. The molecular formula is C17H22F3NO3. The lowest BCUT2D eigenvalue weighted by Gasteiger charge is -2.52. The zero-order valence-corrected chi connectivity index (χ0v) is 14.0. The minimum Gasteiger partial charge on any atom is -0.467 e. The fourth-order valence-corrected chi connectivity index (χ4v) is 3.15. The quantitative estimate of drug-likeness (QED) is 0.821. The Morgan fingerprint density at radius 1 is 1.17 bits per heavy atom. The predicted octanol–water partition coefficient (Wildman–Crippen LogP) is 4.99. The van der Waals surface area contributed by atoms with Crippen LogP contribution in [0.5, 0.6) is 5.75 Å². The van der Waals surface area contributed by atoms with Gasteiger partial charge in [0, 0.05) is 18.4 Å². The van der Waals surface area contributed by atoms with Crippen LogP contribution in [0.2, 0.25) is 0 Å². The fraction of sp³-hybridized carbons (Fsp3) is 0.588. The smallest absolute Gasteiger partial charge is 0.416 e. The molecule has 7 heteroatoms. The maximum Gasteiger partial charge on any atom is 0.416 e. The van der Waals surface area contributed by atoms with Gasteiger partial charge in [0.15, 0.2) is 5.72 Å². The third-order valence-corrected chi connectivity index (χ3v) is 4.45. The predicted molar refractivity (Wildman–Crippen MR) is 82.8 cm³/mol. The van der Waals surface area contributed by atoms with Gasteiger partial charge >= 0.3 is 12.3 Å². The highest BCUT2D eigenvalue weighted by atomic mass is 19.4. The van der Waals surface area contributed by atoms with Crippen LogP contribution in [-0.2, 0) is 6.18 Å². The monoisotopic (exact) mass is 345 g/mol. The van der Waals surface area contributed by atoms with Crippen LogP contribution in [0.1, 0.15) is 45.6 Å². The largest absolute Gasteiger partial charge is 0.467 e. The first-order valence-electron chi connectivity index (χ1n) is 7.84. The number of alkyl halides is 3. The van der Waals surface area contributed by atoms with Crippen LogP contribution in [0.15, 0.2) is 24.3 Å². The summed E-state index contributed by atoms with van der Waals surface area (Å²) in [6, 6.07) is 4.37. The number of amides is 1. The van der Waals surface area contributed by atoms with Crippen molar-refractivity contribution >= 4 is 6.09 Å². The molecule has 1 amide bonds. The number of benzene rings is 1. The molecular weight excluding hydrogens is 323 g/mol. The van der Waals surface area contributed by atoms with Crippen molar-refractivity contribution in [1.82, 2.24) is 4.90 Å². The van der Waals surface area contributed by atoms with Crippen LogP contribution in [0, 0.1) is 5.41 Å². The zero-order chi connectivity index (χ0) is 18.2. The molecule has 0 radical (unpaired) electrons. The molecule has 1 aliphatic heterocycles. The standard InChI is InChI=1S/C17H22F3NO3/c1-15(2,3)16(10-4-5-11-21(16)14(22)23)24-13-8-6-12(7-9-13)17(18,19)20/h6-9H,4-5,10-11H2,1-3H3,(H,22,23). The first-order chi connectivity index (χ1) is 11.0. The van der Waals surface area contributed by atoms with Crippen molar-refractivity contribution in [2.24, 2.45) is 5.41 Å². The van der Waals surface area contributed by atoms with Gasteiger partial charge < -0.3 is 9.84 Å². The summed E-state index contributed by atoms with van der Waals surface area (Å²) in [5, 5.41) is 9.56. The molecule has 134 valence electrons. The van der Waals surface area contributed by atoms with E-state index in [1.54, 1.807) is 0 Å². The number of piperidine rings is 1. The van der Waals surface area contributed by atoms with Gasteiger partial charge in [0.05, 0.1) is 5.56 Å². The maximum atomic E-state index is 12.7. The first kappa shape index (κ1) is 18.4. The van der Waals surface area contributed by atoms with Gasteiger partial charge in [-0.3, -0.25) is 4.90 Å². The molecule has 0 aromatic heterocycles. The molecule has 0 bridgehead atoms. The Morgan fingerprint density at radius 2 is 1.75 bits per heavy atom. The van der Waals surface area contributed by atoms with Crippen LogP contribution >= 0.6 is 0 Å². The van der Waals surface area contributed by atoms with Crippen LogP contribution in [0.4, 0.5) is 18.0 Å². The maximum absolute atomic E-state index is 12.7. The summed E-state index contributed by atoms with van der Waals surface area (Å²) in [4.78, 5) is 13.0. The van der Waals surface area contributed by atoms with E-state index >= 15 is 0 Å². The van der Waals surface area contributed by atoms with E-state index in [-0.39, 0.29) is 5.75 Å². The molecule has 1 unspecified atom stereocenters. The van der Waals surface area contributed by atoms with Crippen molar-refractivity contribution in [3.8, 4) is 5.75 Å². The van der Waals surface area contributed by atoms with Crippen molar-refractivity contribution in [2.75, 3.05) is 6.54 Å². The van der Waals surface area contributed by atoms with Gasteiger partial charge in [0.25, 0.3) is 0 Å². The zero-order valence-electron chi connectivity index (χ0n) is 14.0. The highest BCUT2D eigenvalue weighted by Crippen LogP contribution is 2.44. The van der Waals surface area contributed by atoms with Crippen molar-refractivity contribution in [2.45, 2.75) is 51.9 Å². The van der Waals surface area contributed by atoms with Gasteiger partial charge in [-0.2, -0.15) is 13.2 Å². The number of halogens is 3. The molecule has 2 rings (SSSR count). The van der Waals surface area contributed by atoms with Crippen molar-refractivity contribution in [3.63, 3.8) is 0 Å². The molecule has 1 aromatic rings. The van der Waals surface area contributed by atoms with Crippen LogP contribution in [0.3, 0.4) is 0 Å². The van der Waals surface area contributed by atoms with Gasteiger partial charge in [0.1, 0.15) is 5.75 Å². The second-order valence-corrected chi connectivity index (χ2v) is 7.05. The molecule has 1 N–H and O–H groups in total. The topological polar surface area (TPSA) is 49.8 Å². The lowest BCUT2D eigenvalue weighted by atomic mass is 9.76. The molecule has 0 saturated carbocycles. The molecule has 1 saturated heterocycles. The molecule has 24 heavy (non-hydrogen) atoms. The molecule has 1 aliphatic rings. The summed E-state index contributed by atoms with van der Waals surface area (Å²) >= 11 is 0. The Balaban J connectivity index is 2.38. The third kappa shape index (κ3) is 3.44. The first-order valence-corrected chi connectivity index (χ1v) is 7.84. The third-order valence-electron chi connectivity index (χ3n) is 4.45. The summed E-state index contributed by atoms with van der Waals surface area (Å²) in [5.41, 5.74) is -2.43. The van der Waals surface area contributed by atoms with Crippen molar-refractivity contribution in [1.29, 1.82) is 0 Å². The number of carbonyl (C=O) groups is 1. The van der Waals surface area contributed by atoms with E-state index in [1.807, 2.05) is 20.8 Å². The fourth-order valence-electron chi connectivity index (χ4n) is 3.15. The Hall–Kier alpha value is -1.92. The summed E-state index contributed by atoms with van der Waals surface area (Å²) in [7, 11) is 0. The minimum atomic E-state index is -4.42. The molecule has 0 aliphatic carbocycles. The van der Waals surface area contributed by atoms with E-state index < -0.39 is 29.0 Å². The van der Waals surface area contributed by atoms with Crippen LogP contribution in [-0.4, -0.2) is 28.4 Å². The summed E-state index contributed by atoms with van der Waals surface area (Å²) in [6.07, 6.45) is -3.49. The molecule has 1 atom stereocenters. The van der Waals surface area contributed by atoms with Gasteiger partial charge in [0.2, 0.25) is 0 Å². The number of nitrogens with zero attached hydrogens (tertiary/aromatic N) is 1. The van der Waals surface area contributed by atoms with Crippen LogP contribution in [0.25, 0.3) is 0 Å². The Bertz CT molecular complexity index is 593. The minimum absolute atomic E-state index is 0.228. The second-order valence-electron chi connectivity index (χ2n) is 7.05. The SMILES string of the molecule is CC(C)(C)C1(Oc2ccc(C(F)(F)F)cc2)CCCCN1C(=O)O. The lowest BCUT2D eigenvalue weighted by Crippen LogP contribution is -2.64. The number of hydrogen-bond acceptors (Lipinski definition) is 2. The van der Waals surface area contributed by atoms with Crippen molar-refractivity contribution in [3.05, 3.63) is 29.8 Å². The van der Waals surface area contributed by atoms with E-state index in [0.717, 1.165) is 25.0 Å². The Labute approximate surface area is 139 Å². The number of likely N-dealkylation sites (tertiary alicyclic amines) is 1. The molecule has 4 nitrogen and oxygen atoms in total. The Morgan fingerprint density at radius 3 is 2.21 bits per heavy atom. The normalized spacial score (nSPS) is 22.3. The number of rotatable bonds is 2. The van der Waals surface area contributed by atoms with E-state index in [0.29, 0.717) is 13.0 Å². The van der Waals surface area contributed by atoms with Gasteiger partial charge in [-0.1, -0.05) is 20.8 Å². The molecule has 1 aromatic carbocycles. The van der Waals surface area contributed by atoms with Gasteiger partial charge in [-0.15, -0.1) is 0 Å². The van der Waals surface area contributed by atoms with Gasteiger partial charge in [-0.25, -0.2) is 4.79 Å². The van der Waals surface area contributed by atoms with Crippen LogP contribution < -0.4 is 4.74 Å². The average molecular weight is 345 g/mol. The van der Waals surface area contributed by atoms with E-state index in [4.69, 9.17) is 4.74 Å².